The molecule has 2 N–H and O–H groups in total. The number of fused-ring (bicyclic) bond motifs is 1. The molecule has 5 rings (SSSR count). The minimum Gasteiger partial charge on any atom is -0.494 e. The topological polar surface area (TPSA) is 112 Å². The van der Waals surface area contributed by atoms with Crippen molar-refractivity contribution in [1.29, 1.82) is 0 Å². The average molecular weight is 572 g/mol. The zero-order valence-corrected chi connectivity index (χ0v) is 24.5. The van der Waals surface area contributed by atoms with E-state index in [1.54, 1.807) is 37.6 Å². The number of hydrogen-bond donors (Lipinski definition) is 2. The monoisotopic (exact) mass is 571 g/mol. The van der Waals surface area contributed by atoms with E-state index >= 15 is 0 Å². The Hall–Kier alpha value is -4.64. The Morgan fingerprint density at radius 3 is 2.57 bits per heavy atom. The molecule has 1 fully saturated rings. The fourth-order valence-electron chi connectivity index (χ4n) is 5.36. The fourth-order valence-corrected chi connectivity index (χ4v) is 5.36. The van der Waals surface area contributed by atoms with Gasteiger partial charge in [0.1, 0.15) is 11.4 Å². The van der Waals surface area contributed by atoms with Crippen LogP contribution in [0.25, 0.3) is 0 Å². The van der Waals surface area contributed by atoms with Gasteiger partial charge in [-0.15, -0.1) is 0 Å². The number of ether oxygens (including phenoxy) is 2. The summed E-state index contributed by atoms with van der Waals surface area (Å²) in [7, 11) is 3.77. The van der Waals surface area contributed by atoms with E-state index in [2.05, 4.69) is 45.1 Å². The largest absolute Gasteiger partial charge is 0.494 e. The lowest BCUT2D eigenvalue weighted by atomic mass is 9.88. The van der Waals surface area contributed by atoms with Crippen LogP contribution < -0.4 is 25.2 Å². The summed E-state index contributed by atoms with van der Waals surface area (Å²) in [5.74, 6) is 1.02. The number of amides is 2. The Labute approximate surface area is 246 Å². The lowest BCUT2D eigenvalue weighted by Crippen LogP contribution is -2.44. The van der Waals surface area contributed by atoms with E-state index in [0.717, 1.165) is 31.9 Å². The van der Waals surface area contributed by atoms with Gasteiger partial charge in [0.2, 0.25) is 11.9 Å². The van der Waals surface area contributed by atoms with Gasteiger partial charge >= 0.3 is 6.09 Å². The molecule has 2 aromatic carbocycles. The van der Waals surface area contributed by atoms with E-state index in [1.807, 2.05) is 26.0 Å². The van der Waals surface area contributed by atoms with Crippen molar-refractivity contribution in [2.24, 2.45) is 0 Å². The lowest BCUT2D eigenvalue weighted by molar-refractivity contribution is -0.111. The number of carbonyl (C=O) groups excluding carboxylic acids is 2. The Kier molecular flexibility index (Phi) is 8.30. The molecule has 1 aromatic heterocycles. The van der Waals surface area contributed by atoms with Crippen LogP contribution in [-0.2, 0) is 15.1 Å². The number of cyclic esters (lactones) is 1. The third-order valence-corrected chi connectivity index (χ3v) is 7.94. The van der Waals surface area contributed by atoms with Crippen LogP contribution in [0.1, 0.15) is 32.3 Å². The summed E-state index contributed by atoms with van der Waals surface area (Å²) in [5, 5.41) is 6.02. The first-order chi connectivity index (χ1) is 20.3. The molecular formula is C31H37N7O4. The SMILES string of the molecule is C=CC(=O)Nc1cccc(N2C(=O)OC(CC)(CC)c3cnc(Nc4ccc(N5CCN(C)CC5)cc4OC)nc32)c1. The van der Waals surface area contributed by atoms with Gasteiger partial charge in [-0.1, -0.05) is 26.5 Å². The molecule has 0 unspecified atom stereocenters. The maximum absolute atomic E-state index is 13.6. The van der Waals surface area contributed by atoms with Gasteiger partial charge in [-0.2, -0.15) is 4.98 Å². The van der Waals surface area contributed by atoms with Crippen LogP contribution in [0.4, 0.5) is 39.3 Å². The molecule has 2 aliphatic heterocycles. The van der Waals surface area contributed by atoms with Gasteiger partial charge in [-0.3, -0.25) is 4.79 Å². The molecule has 1 saturated heterocycles. The molecule has 2 aliphatic rings. The first-order valence-corrected chi connectivity index (χ1v) is 14.1. The minimum atomic E-state index is -0.863. The third-order valence-electron chi connectivity index (χ3n) is 7.94. The second-order valence-corrected chi connectivity index (χ2v) is 10.4. The predicted octanol–water partition coefficient (Wildman–Crippen LogP) is 5.41. The normalized spacial score (nSPS) is 16.3. The zero-order chi connectivity index (χ0) is 29.9. The molecule has 0 spiro atoms. The first-order valence-electron chi connectivity index (χ1n) is 14.1. The highest BCUT2D eigenvalue weighted by atomic mass is 16.6. The second-order valence-electron chi connectivity index (χ2n) is 10.4. The number of methoxy groups -OCH3 is 1. The van der Waals surface area contributed by atoms with Gasteiger partial charge in [0.05, 0.1) is 24.0 Å². The van der Waals surface area contributed by atoms with E-state index in [4.69, 9.17) is 14.5 Å². The zero-order valence-electron chi connectivity index (χ0n) is 24.5. The van der Waals surface area contributed by atoms with Crippen molar-refractivity contribution < 1.29 is 19.1 Å². The van der Waals surface area contributed by atoms with E-state index in [9.17, 15) is 9.59 Å². The van der Waals surface area contributed by atoms with Crippen LogP contribution in [0, 0.1) is 0 Å². The van der Waals surface area contributed by atoms with Gasteiger partial charge < -0.3 is 29.9 Å². The number of carbonyl (C=O) groups is 2. The maximum Gasteiger partial charge on any atom is 0.421 e. The maximum atomic E-state index is 13.6. The van der Waals surface area contributed by atoms with E-state index in [0.29, 0.717) is 53.0 Å². The van der Waals surface area contributed by atoms with Crippen molar-refractivity contribution in [3.05, 3.63) is 66.9 Å². The van der Waals surface area contributed by atoms with Gasteiger partial charge in [0.25, 0.3) is 0 Å². The number of anilines is 6. The molecule has 0 aliphatic carbocycles. The van der Waals surface area contributed by atoms with Gasteiger partial charge in [-0.05, 0) is 56.3 Å². The summed E-state index contributed by atoms with van der Waals surface area (Å²) in [6.07, 6.45) is 3.46. The summed E-state index contributed by atoms with van der Waals surface area (Å²) >= 11 is 0. The molecule has 0 atom stereocenters. The Balaban J connectivity index is 1.51. The number of aromatic nitrogens is 2. The predicted molar refractivity (Wildman–Crippen MR) is 164 cm³/mol. The first kappa shape index (κ1) is 28.9. The Morgan fingerprint density at radius 2 is 1.88 bits per heavy atom. The Bertz CT molecular complexity index is 1480. The number of rotatable bonds is 9. The van der Waals surface area contributed by atoms with E-state index < -0.39 is 11.7 Å². The van der Waals surface area contributed by atoms with Crippen molar-refractivity contribution in [3.63, 3.8) is 0 Å². The lowest BCUT2D eigenvalue weighted by Gasteiger charge is -2.40. The molecule has 0 bridgehead atoms. The highest BCUT2D eigenvalue weighted by molar-refractivity contribution is 6.01. The van der Waals surface area contributed by atoms with Crippen molar-refractivity contribution in [2.45, 2.75) is 32.3 Å². The third kappa shape index (κ3) is 5.60. The summed E-state index contributed by atoms with van der Waals surface area (Å²) in [5.41, 5.74) is 2.62. The van der Waals surface area contributed by atoms with Crippen molar-refractivity contribution in [3.8, 4) is 5.75 Å². The van der Waals surface area contributed by atoms with Crippen LogP contribution in [0.15, 0.2) is 61.3 Å². The molecule has 220 valence electrons. The van der Waals surface area contributed by atoms with E-state index in [-0.39, 0.29) is 5.91 Å². The molecule has 11 nitrogen and oxygen atoms in total. The van der Waals surface area contributed by atoms with Crippen molar-refractivity contribution in [2.75, 3.05) is 60.8 Å². The van der Waals surface area contributed by atoms with Crippen LogP contribution >= 0.6 is 0 Å². The number of likely N-dealkylation sites (N-methyl/N-ethyl adjacent to an activating group) is 1. The molecule has 42 heavy (non-hydrogen) atoms. The van der Waals surface area contributed by atoms with Crippen LogP contribution in [0.2, 0.25) is 0 Å². The Morgan fingerprint density at radius 1 is 1.12 bits per heavy atom. The molecule has 0 radical (unpaired) electrons. The highest BCUT2D eigenvalue weighted by Crippen LogP contribution is 2.45. The quantitative estimate of drug-likeness (QED) is 0.326. The number of benzene rings is 2. The summed E-state index contributed by atoms with van der Waals surface area (Å²) < 4.78 is 11.8. The van der Waals surface area contributed by atoms with Gasteiger partial charge in [0.15, 0.2) is 5.82 Å². The van der Waals surface area contributed by atoms with Crippen LogP contribution in [0.3, 0.4) is 0 Å². The van der Waals surface area contributed by atoms with Crippen molar-refractivity contribution in [1.82, 2.24) is 14.9 Å². The standard InChI is InChI=1S/C31H37N7O4/c1-6-27(39)33-21-10-9-11-23(18-21)38-28-24(31(7-2,8-3)42-30(38)40)20-32-29(35-28)34-25-13-12-22(19-26(25)41-5)37-16-14-36(4)15-17-37/h6,9-13,18-20H,1,7-8,14-17H2,2-5H3,(H,33,39)(H,32,34,35). The molecule has 0 saturated carbocycles. The molecule has 3 heterocycles. The molecule has 11 heteroatoms. The molecule has 3 aromatic rings. The number of piperazine rings is 1. The number of nitrogens with one attached hydrogen (secondary N) is 2. The summed E-state index contributed by atoms with van der Waals surface area (Å²) in [6, 6.07) is 12.9. The summed E-state index contributed by atoms with van der Waals surface area (Å²) in [4.78, 5) is 41.0. The fraction of sp³-hybridized carbons (Fsp3) is 0.355. The number of nitrogens with zero attached hydrogens (tertiary/aromatic N) is 5. The average Bonchev–Trinajstić information content (AvgIpc) is 3.01. The smallest absolute Gasteiger partial charge is 0.421 e. The number of hydrogen-bond acceptors (Lipinski definition) is 9. The molecule has 2 amide bonds. The van der Waals surface area contributed by atoms with Crippen LogP contribution in [-0.4, -0.2) is 67.2 Å². The minimum absolute atomic E-state index is 0.302. The molecular weight excluding hydrogens is 534 g/mol. The second kappa shape index (κ2) is 12.1. The van der Waals surface area contributed by atoms with Gasteiger partial charge in [-0.25, -0.2) is 14.7 Å². The van der Waals surface area contributed by atoms with E-state index in [1.165, 1.54) is 11.0 Å². The van der Waals surface area contributed by atoms with Crippen molar-refractivity contribution >= 4 is 46.5 Å². The van der Waals surface area contributed by atoms with Gasteiger partial charge in [0, 0.05) is 49.8 Å². The van der Waals surface area contributed by atoms with Crippen LogP contribution in [0.5, 0.6) is 5.75 Å². The highest BCUT2D eigenvalue weighted by Gasteiger charge is 2.45. The summed E-state index contributed by atoms with van der Waals surface area (Å²) in [6.45, 7) is 11.3.